The predicted molar refractivity (Wildman–Crippen MR) is 132 cm³/mol. The number of furan rings is 1. The number of likely N-dealkylation sites (tertiary alicyclic amines) is 1. The van der Waals surface area contributed by atoms with Gasteiger partial charge in [-0.2, -0.15) is 0 Å². The Morgan fingerprint density at radius 3 is 2.67 bits per heavy atom. The van der Waals surface area contributed by atoms with Crippen molar-refractivity contribution in [2.24, 2.45) is 5.41 Å². The van der Waals surface area contributed by atoms with Crippen molar-refractivity contribution in [2.75, 3.05) is 19.6 Å². The van der Waals surface area contributed by atoms with E-state index in [1.807, 2.05) is 0 Å². The average Bonchev–Trinajstić information content (AvgIpc) is 3.43. The summed E-state index contributed by atoms with van der Waals surface area (Å²) in [5.74, 6) is -0.0446. The number of piperidine rings is 1. The zero-order valence-electron chi connectivity index (χ0n) is 20.5. The minimum Gasteiger partial charge on any atom is -0.472 e. The van der Waals surface area contributed by atoms with E-state index in [2.05, 4.69) is 55.3 Å². The lowest BCUT2D eigenvalue weighted by molar-refractivity contribution is 0.0924. The van der Waals surface area contributed by atoms with Gasteiger partial charge in [0.15, 0.2) is 0 Å². The molecule has 0 radical (unpaired) electrons. The van der Waals surface area contributed by atoms with Crippen LogP contribution in [-0.2, 0) is 5.41 Å². The topological polar surface area (TPSA) is 45.5 Å². The first-order valence-electron chi connectivity index (χ1n) is 12.7. The molecule has 5 rings (SSSR count). The van der Waals surface area contributed by atoms with E-state index in [-0.39, 0.29) is 17.4 Å². The molecule has 2 heterocycles. The molecule has 1 aromatic carbocycles. The van der Waals surface area contributed by atoms with Crippen LogP contribution in [0.15, 0.2) is 58.4 Å². The molecular weight excluding hydrogens is 408 g/mol. The second-order valence-corrected chi connectivity index (χ2v) is 11.2. The van der Waals surface area contributed by atoms with Gasteiger partial charge in [-0.25, -0.2) is 0 Å². The van der Waals surface area contributed by atoms with E-state index in [1.54, 1.807) is 23.5 Å². The number of nitrogens with zero attached hydrogens (tertiary/aromatic N) is 1. The molecule has 1 fully saturated rings. The van der Waals surface area contributed by atoms with Crippen molar-refractivity contribution < 1.29 is 9.21 Å². The molecule has 1 amide bonds. The first-order chi connectivity index (χ1) is 15.9. The van der Waals surface area contributed by atoms with Crippen LogP contribution in [0, 0.1) is 5.41 Å². The van der Waals surface area contributed by atoms with Gasteiger partial charge in [-0.3, -0.25) is 4.79 Å². The van der Waals surface area contributed by atoms with Crippen LogP contribution in [0.1, 0.15) is 93.2 Å². The Labute approximate surface area is 198 Å². The smallest absolute Gasteiger partial charge is 0.255 e. The molecule has 1 aromatic heterocycles. The van der Waals surface area contributed by atoms with E-state index in [9.17, 15) is 4.79 Å². The van der Waals surface area contributed by atoms with Gasteiger partial charge >= 0.3 is 0 Å². The molecule has 0 bridgehead atoms. The van der Waals surface area contributed by atoms with Gasteiger partial charge in [0.25, 0.3) is 5.91 Å². The van der Waals surface area contributed by atoms with E-state index >= 15 is 0 Å². The Bertz CT molecular complexity index is 1030. The molecule has 1 N–H and O–H groups in total. The van der Waals surface area contributed by atoms with Crippen molar-refractivity contribution in [1.29, 1.82) is 0 Å². The lowest BCUT2D eigenvalue weighted by Crippen LogP contribution is -2.42. The van der Waals surface area contributed by atoms with Crippen LogP contribution in [0.3, 0.4) is 0 Å². The maximum absolute atomic E-state index is 12.7. The molecule has 0 saturated carbocycles. The third-order valence-corrected chi connectivity index (χ3v) is 8.77. The van der Waals surface area contributed by atoms with Crippen molar-refractivity contribution in [3.8, 4) is 0 Å². The van der Waals surface area contributed by atoms with Gasteiger partial charge in [0.05, 0.1) is 17.9 Å². The molecule has 1 aliphatic heterocycles. The number of fused-ring (bicyclic) bond motifs is 2. The highest BCUT2D eigenvalue weighted by Gasteiger charge is 2.45. The molecule has 1 saturated heterocycles. The summed E-state index contributed by atoms with van der Waals surface area (Å²) in [4.78, 5) is 15.4. The summed E-state index contributed by atoms with van der Waals surface area (Å²) in [6.07, 6.45) is 11.6. The number of carbonyl (C=O) groups is 1. The third kappa shape index (κ3) is 4.30. The summed E-state index contributed by atoms with van der Waals surface area (Å²) in [5.41, 5.74) is 7.24. The SMILES string of the molecule is CC1=C(CCN2CCC3(CC2)C[C@H](NC(=O)c2ccoc2)c2ccccc23)C(C)(C)CCC1. The largest absolute Gasteiger partial charge is 0.472 e. The molecule has 0 unspecified atom stereocenters. The zero-order valence-corrected chi connectivity index (χ0v) is 20.5. The van der Waals surface area contributed by atoms with Crippen LogP contribution in [0.2, 0.25) is 0 Å². The van der Waals surface area contributed by atoms with Gasteiger partial charge in [0.1, 0.15) is 6.26 Å². The fraction of sp³-hybridized carbons (Fsp3) is 0.552. The summed E-state index contributed by atoms with van der Waals surface area (Å²) in [7, 11) is 0. The maximum Gasteiger partial charge on any atom is 0.255 e. The van der Waals surface area contributed by atoms with Gasteiger partial charge in [-0.15, -0.1) is 0 Å². The Hall–Kier alpha value is -2.33. The Morgan fingerprint density at radius 2 is 1.94 bits per heavy atom. The minimum absolute atomic E-state index is 0.0446. The standard InChI is InChI=1S/C29H38N2O2/c1-21-7-6-12-28(2,3)24(21)10-15-31-16-13-29(14-17-31)19-26(23-8-4-5-9-25(23)29)30-27(32)22-11-18-33-20-22/h4-5,8-9,11,18,20,26H,6-7,10,12-17,19H2,1-3H3,(H,30,32)/t26-/m0/s1. The van der Waals surface area contributed by atoms with Crippen molar-refractivity contribution in [3.05, 3.63) is 70.7 Å². The van der Waals surface area contributed by atoms with Crippen molar-refractivity contribution in [3.63, 3.8) is 0 Å². The second-order valence-electron chi connectivity index (χ2n) is 11.2. The highest BCUT2D eigenvalue weighted by Crippen LogP contribution is 2.51. The van der Waals surface area contributed by atoms with E-state index < -0.39 is 0 Å². The van der Waals surface area contributed by atoms with E-state index in [4.69, 9.17) is 4.42 Å². The number of rotatable bonds is 5. The van der Waals surface area contributed by atoms with Crippen molar-refractivity contribution in [2.45, 2.75) is 77.2 Å². The Morgan fingerprint density at radius 1 is 1.15 bits per heavy atom. The zero-order chi connectivity index (χ0) is 23.1. The molecule has 1 spiro atoms. The summed E-state index contributed by atoms with van der Waals surface area (Å²) < 4.78 is 5.11. The second kappa shape index (κ2) is 8.79. The molecule has 33 heavy (non-hydrogen) atoms. The molecule has 4 nitrogen and oxygen atoms in total. The average molecular weight is 447 g/mol. The number of carbonyl (C=O) groups excluding carboxylic acids is 1. The monoisotopic (exact) mass is 446 g/mol. The fourth-order valence-electron chi connectivity index (χ4n) is 6.83. The summed E-state index contributed by atoms with van der Waals surface area (Å²) in [5, 5.41) is 3.28. The van der Waals surface area contributed by atoms with E-state index in [0.717, 1.165) is 19.5 Å². The number of benzene rings is 1. The summed E-state index contributed by atoms with van der Waals surface area (Å²) >= 11 is 0. The van der Waals surface area contributed by atoms with Crippen LogP contribution >= 0.6 is 0 Å². The van der Waals surface area contributed by atoms with Gasteiger partial charge in [0.2, 0.25) is 0 Å². The van der Waals surface area contributed by atoms with Crippen molar-refractivity contribution in [1.82, 2.24) is 10.2 Å². The molecule has 3 aliphatic rings. The number of allylic oxidation sites excluding steroid dienone is 1. The summed E-state index contributed by atoms with van der Waals surface area (Å²) in [6.45, 7) is 10.7. The van der Waals surface area contributed by atoms with Crippen molar-refractivity contribution >= 4 is 5.91 Å². The molecular formula is C29H38N2O2. The number of nitrogens with one attached hydrogen (secondary N) is 1. The lowest BCUT2D eigenvalue weighted by Gasteiger charge is -2.41. The molecule has 4 heteroatoms. The third-order valence-electron chi connectivity index (χ3n) is 8.77. The van der Waals surface area contributed by atoms with Crippen LogP contribution < -0.4 is 5.32 Å². The minimum atomic E-state index is -0.0446. The highest BCUT2D eigenvalue weighted by atomic mass is 16.3. The molecule has 176 valence electrons. The van der Waals surface area contributed by atoms with Crippen LogP contribution in [0.5, 0.6) is 0 Å². The highest BCUT2D eigenvalue weighted by molar-refractivity contribution is 5.94. The van der Waals surface area contributed by atoms with Crippen LogP contribution in [0.25, 0.3) is 0 Å². The number of hydrogen-bond donors (Lipinski definition) is 1. The fourth-order valence-corrected chi connectivity index (χ4v) is 6.83. The Balaban J connectivity index is 1.25. The van der Waals surface area contributed by atoms with Gasteiger partial charge in [-0.05, 0) is 87.6 Å². The summed E-state index contributed by atoms with van der Waals surface area (Å²) in [6, 6.07) is 10.6. The molecule has 2 aromatic rings. The lowest BCUT2D eigenvalue weighted by atomic mass is 9.71. The van der Waals surface area contributed by atoms with E-state index in [0.29, 0.717) is 11.0 Å². The number of amides is 1. The Kier molecular flexibility index (Phi) is 5.98. The normalized spacial score (nSPS) is 24.2. The number of hydrogen-bond acceptors (Lipinski definition) is 3. The predicted octanol–water partition coefficient (Wildman–Crippen LogP) is 6.40. The van der Waals surface area contributed by atoms with E-state index in [1.165, 1.54) is 62.5 Å². The van der Waals surface area contributed by atoms with Gasteiger partial charge < -0.3 is 14.6 Å². The molecule has 2 aliphatic carbocycles. The first-order valence-corrected chi connectivity index (χ1v) is 12.7. The van der Waals surface area contributed by atoms with Crippen LogP contribution in [-0.4, -0.2) is 30.4 Å². The maximum atomic E-state index is 12.7. The van der Waals surface area contributed by atoms with Gasteiger partial charge in [0, 0.05) is 12.0 Å². The van der Waals surface area contributed by atoms with Crippen LogP contribution in [0.4, 0.5) is 0 Å². The first kappa shape index (κ1) is 22.5. The quantitative estimate of drug-likeness (QED) is 0.540. The van der Waals surface area contributed by atoms with Gasteiger partial charge in [-0.1, -0.05) is 49.3 Å². The molecule has 1 atom stereocenters.